The van der Waals surface area contributed by atoms with Gasteiger partial charge >= 0.3 is 6.09 Å². The highest BCUT2D eigenvalue weighted by atomic mass is 19.1. The number of carbonyl (C=O) groups excluding carboxylic acids is 2. The normalized spacial score (nSPS) is 15.4. The number of piperidine rings is 1. The van der Waals surface area contributed by atoms with Crippen molar-refractivity contribution >= 4 is 12.0 Å². The zero-order valence-corrected chi connectivity index (χ0v) is 18.5. The van der Waals surface area contributed by atoms with Crippen molar-refractivity contribution < 1.29 is 18.7 Å². The van der Waals surface area contributed by atoms with E-state index in [0.29, 0.717) is 0 Å². The number of carbonyl (C=O) groups is 2. The van der Waals surface area contributed by atoms with Crippen LogP contribution >= 0.6 is 0 Å². The van der Waals surface area contributed by atoms with Gasteiger partial charge in [-0.2, -0.15) is 0 Å². The SMILES string of the molecule is Cc1ccc(C2(C)CCN(C)CC2)cc1F.NC(=O)CNC(=O)OCc1ccccc1. The lowest BCUT2D eigenvalue weighted by Gasteiger charge is -2.38. The summed E-state index contributed by atoms with van der Waals surface area (Å²) in [5, 5.41) is 2.22. The average molecular weight is 430 g/mol. The van der Waals surface area contributed by atoms with Gasteiger partial charge in [0.1, 0.15) is 12.4 Å². The Balaban J connectivity index is 0.000000221. The monoisotopic (exact) mass is 429 g/mol. The molecule has 31 heavy (non-hydrogen) atoms. The Bertz CT molecular complexity index is 866. The Hall–Kier alpha value is -2.93. The number of nitrogens with two attached hydrogens (primary N) is 1. The van der Waals surface area contributed by atoms with E-state index >= 15 is 0 Å². The number of rotatable bonds is 5. The fourth-order valence-electron chi connectivity index (χ4n) is 3.30. The van der Waals surface area contributed by atoms with Gasteiger partial charge in [0.2, 0.25) is 5.91 Å². The molecule has 0 unspecified atom stereocenters. The highest BCUT2D eigenvalue weighted by Crippen LogP contribution is 2.35. The van der Waals surface area contributed by atoms with Crippen LogP contribution < -0.4 is 11.1 Å². The molecule has 1 aliphatic rings. The van der Waals surface area contributed by atoms with Crippen molar-refractivity contribution in [1.29, 1.82) is 0 Å². The Morgan fingerprint density at radius 3 is 2.39 bits per heavy atom. The molecule has 0 spiro atoms. The van der Waals surface area contributed by atoms with Crippen LogP contribution in [0.1, 0.15) is 36.5 Å². The second kappa shape index (κ2) is 11.5. The van der Waals surface area contributed by atoms with Gasteiger partial charge in [0.25, 0.3) is 0 Å². The molecule has 0 saturated carbocycles. The van der Waals surface area contributed by atoms with Gasteiger partial charge in [0.05, 0.1) is 6.54 Å². The van der Waals surface area contributed by atoms with Crippen LogP contribution in [0.2, 0.25) is 0 Å². The molecule has 2 aromatic carbocycles. The fourth-order valence-corrected chi connectivity index (χ4v) is 3.30. The summed E-state index contributed by atoms with van der Waals surface area (Å²) in [5.41, 5.74) is 7.77. The predicted octanol–water partition coefficient (Wildman–Crippen LogP) is 3.52. The molecule has 2 amide bonds. The minimum Gasteiger partial charge on any atom is -0.445 e. The van der Waals surface area contributed by atoms with E-state index in [4.69, 9.17) is 10.5 Å². The maximum absolute atomic E-state index is 13.6. The number of ether oxygens (including phenoxy) is 1. The summed E-state index contributed by atoms with van der Waals surface area (Å²) in [7, 11) is 2.15. The summed E-state index contributed by atoms with van der Waals surface area (Å²) in [6, 6.07) is 14.9. The Morgan fingerprint density at radius 1 is 1.16 bits per heavy atom. The van der Waals surface area contributed by atoms with E-state index in [1.165, 1.54) is 0 Å². The third kappa shape index (κ3) is 8.02. The smallest absolute Gasteiger partial charge is 0.407 e. The summed E-state index contributed by atoms with van der Waals surface area (Å²) in [6.45, 7) is 6.23. The number of alkyl carbamates (subject to hydrolysis) is 1. The molecule has 1 saturated heterocycles. The molecule has 168 valence electrons. The van der Waals surface area contributed by atoms with Gasteiger partial charge < -0.3 is 20.7 Å². The van der Waals surface area contributed by atoms with Crippen LogP contribution in [-0.4, -0.2) is 43.6 Å². The Kier molecular flexibility index (Phi) is 9.00. The fraction of sp³-hybridized carbons (Fsp3) is 0.417. The van der Waals surface area contributed by atoms with E-state index in [-0.39, 0.29) is 24.4 Å². The van der Waals surface area contributed by atoms with Crippen LogP contribution in [0.15, 0.2) is 48.5 Å². The van der Waals surface area contributed by atoms with Crippen molar-refractivity contribution in [1.82, 2.24) is 10.2 Å². The zero-order valence-electron chi connectivity index (χ0n) is 18.5. The topological polar surface area (TPSA) is 84.7 Å². The first-order valence-corrected chi connectivity index (χ1v) is 10.4. The number of halogens is 1. The van der Waals surface area contributed by atoms with Crippen molar-refractivity contribution in [2.75, 3.05) is 26.7 Å². The van der Waals surface area contributed by atoms with E-state index in [9.17, 15) is 14.0 Å². The molecule has 6 nitrogen and oxygen atoms in total. The maximum atomic E-state index is 13.6. The molecule has 2 aromatic rings. The molecule has 1 fully saturated rings. The van der Waals surface area contributed by atoms with Crippen molar-refractivity contribution in [2.45, 2.75) is 38.7 Å². The third-order valence-electron chi connectivity index (χ3n) is 5.58. The Morgan fingerprint density at radius 2 is 1.81 bits per heavy atom. The molecule has 3 N–H and O–H groups in total. The van der Waals surface area contributed by atoms with Crippen molar-refractivity contribution in [3.8, 4) is 0 Å². The number of hydrogen-bond acceptors (Lipinski definition) is 4. The Labute approximate surface area is 183 Å². The van der Waals surface area contributed by atoms with Gasteiger partial charge in [-0.15, -0.1) is 0 Å². The minimum atomic E-state index is -0.655. The molecule has 1 heterocycles. The predicted molar refractivity (Wildman–Crippen MR) is 119 cm³/mol. The molecule has 1 aliphatic heterocycles. The molecule has 0 aliphatic carbocycles. The molecular formula is C24H32FN3O3. The largest absolute Gasteiger partial charge is 0.445 e. The minimum absolute atomic E-state index is 0.0716. The number of likely N-dealkylation sites (tertiary alicyclic amines) is 1. The summed E-state index contributed by atoms with van der Waals surface area (Å²) in [4.78, 5) is 23.6. The lowest BCUT2D eigenvalue weighted by atomic mass is 9.74. The molecule has 0 aromatic heterocycles. The summed E-state index contributed by atoms with van der Waals surface area (Å²) in [5.74, 6) is -0.677. The average Bonchev–Trinajstić information content (AvgIpc) is 2.76. The first kappa shape index (κ1) is 24.3. The lowest BCUT2D eigenvalue weighted by Crippen LogP contribution is -2.38. The maximum Gasteiger partial charge on any atom is 0.407 e. The van der Waals surface area contributed by atoms with E-state index < -0.39 is 12.0 Å². The number of amides is 2. The van der Waals surface area contributed by atoms with Crippen molar-refractivity contribution in [3.63, 3.8) is 0 Å². The van der Waals surface area contributed by atoms with Crippen LogP contribution in [0.4, 0.5) is 9.18 Å². The summed E-state index contributed by atoms with van der Waals surface area (Å²) >= 11 is 0. The number of benzene rings is 2. The highest BCUT2D eigenvalue weighted by Gasteiger charge is 2.30. The van der Waals surface area contributed by atoms with Crippen LogP contribution in [0.5, 0.6) is 0 Å². The van der Waals surface area contributed by atoms with Crippen molar-refractivity contribution in [3.05, 3.63) is 71.0 Å². The molecule has 0 radical (unpaired) electrons. The number of aryl methyl sites for hydroxylation is 1. The number of nitrogens with one attached hydrogen (secondary N) is 1. The van der Waals surface area contributed by atoms with E-state index in [0.717, 1.165) is 42.6 Å². The van der Waals surface area contributed by atoms with Crippen molar-refractivity contribution in [2.24, 2.45) is 5.73 Å². The van der Waals surface area contributed by atoms with Gasteiger partial charge in [0.15, 0.2) is 0 Å². The van der Waals surface area contributed by atoms with Gasteiger partial charge in [-0.05, 0) is 68.1 Å². The van der Waals surface area contributed by atoms with Crippen LogP contribution in [0.3, 0.4) is 0 Å². The lowest BCUT2D eigenvalue weighted by molar-refractivity contribution is -0.117. The van der Waals surface area contributed by atoms with Gasteiger partial charge in [-0.25, -0.2) is 9.18 Å². The van der Waals surface area contributed by atoms with E-state index in [2.05, 4.69) is 30.3 Å². The van der Waals surface area contributed by atoms with E-state index in [1.54, 1.807) is 6.07 Å². The standard InChI is InChI=1S/C14H20FN.C10H12N2O3/c1-11-4-5-12(10-13(11)15)14(2)6-8-16(3)9-7-14;11-9(13)6-12-10(14)15-7-8-4-2-1-3-5-8/h4-5,10H,6-9H2,1-3H3;1-5H,6-7H2,(H2,11,13)(H,12,14). The van der Waals surface area contributed by atoms with Gasteiger partial charge in [0, 0.05) is 0 Å². The molecular weight excluding hydrogens is 397 g/mol. The third-order valence-corrected chi connectivity index (χ3v) is 5.58. The molecule has 0 bridgehead atoms. The molecule has 0 atom stereocenters. The quantitative estimate of drug-likeness (QED) is 0.762. The second-order valence-corrected chi connectivity index (χ2v) is 8.21. The zero-order chi connectivity index (χ0) is 22.9. The molecule has 3 rings (SSSR count). The highest BCUT2D eigenvalue weighted by molar-refractivity contribution is 5.80. The van der Waals surface area contributed by atoms with Crippen LogP contribution in [0.25, 0.3) is 0 Å². The van der Waals surface area contributed by atoms with Gasteiger partial charge in [-0.3, -0.25) is 4.79 Å². The van der Waals surface area contributed by atoms with E-state index in [1.807, 2.05) is 43.3 Å². The van der Waals surface area contributed by atoms with Gasteiger partial charge in [-0.1, -0.05) is 49.4 Å². The first-order chi connectivity index (χ1) is 14.7. The van der Waals surface area contributed by atoms with Crippen LogP contribution in [-0.2, 0) is 21.6 Å². The summed E-state index contributed by atoms with van der Waals surface area (Å²) < 4.78 is 18.4. The first-order valence-electron chi connectivity index (χ1n) is 10.4. The van der Waals surface area contributed by atoms with Crippen LogP contribution in [0, 0.1) is 12.7 Å². The second-order valence-electron chi connectivity index (χ2n) is 8.21. The summed E-state index contributed by atoms with van der Waals surface area (Å²) in [6.07, 6.45) is 1.58. The molecule has 7 heteroatoms. The number of primary amides is 1. The number of hydrogen-bond donors (Lipinski definition) is 2. The number of nitrogens with zero attached hydrogens (tertiary/aromatic N) is 1.